The molecule has 0 N–H and O–H groups in total. The minimum atomic E-state index is -3.76. The van der Waals surface area contributed by atoms with E-state index in [4.69, 9.17) is 27.9 Å². The number of carbonyl (C=O) groups excluding carboxylic acids is 1. The number of morpholine rings is 1. The number of hydrogen-bond acceptors (Lipinski definition) is 4. The van der Waals surface area contributed by atoms with Gasteiger partial charge in [-0.15, -0.1) is 0 Å². The van der Waals surface area contributed by atoms with Gasteiger partial charge in [-0.1, -0.05) is 47.5 Å². The van der Waals surface area contributed by atoms with E-state index in [0.29, 0.717) is 34.0 Å². The lowest BCUT2D eigenvalue weighted by Crippen LogP contribution is -2.49. The number of hydrogen-bond donors (Lipinski definition) is 0. The summed E-state index contributed by atoms with van der Waals surface area (Å²) in [5, 5.41) is 0.534. The predicted octanol–water partition coefficient (Wildman–Crippen LogP) is 4.13. The highest BCUT2D eigenvalue weighted by Crippen LogP contribution is 2.45. The molecule has 1 amide bonds. The topological polar surface area (TPSA) is 63.7 Å². The SMILES string of the molecule is O=C1CO[C@@H](c2cccc(Cl)c2)[C@@H](c2ccc(Cl)cc2)N1S(=O)(=O)C1CC1. The van der Waals surface area contributed by atoms with Crippen LogP contribution in [0.3, 0.4) is 0 Å². The first kappa shape index (κ1) is 18.7. The zero-order valence-electron chi connectivity index (χ0n) is 14.2. The lowest BCUT2D eigenvalue weighted by molar-refractivity contribution is -0.148. The number of carbonyl (C=O) groups is 1. The van der Waals surface area contributed by atoms with Crippen LogP contribution < -0.4 is 0 Å². The minimum Gasteiger partial charge on any atom is -0.361 e. The van der Waals surface area contributed by atoms with E-state index in [1.54, 1.807) is 42.5 Å². The third-order valence-electron chi connectivity index (χ3n) is 4.78. The van der Waals surface area contributed by atoms with Gasteiger partial charge in [-0.3, -0.25) is 4.79 Å². The molecule has 0 bridgehead atoms. The number of benzene rings is 2. The largest absolute Gasteiger partial charge is 0.361 e. The van der Waals surface area contributed by atoms with Crippen LogP contribution in [0.25, 0.3) is 0 Å². The van der Waals surface area contributed by atoms with Crippen molar-refractivity contribution in [2.45, 2.75) is 30.2 Å². The van der Waals surface area contributed by atoms with E-state index in [0.717, 1.165) is 4.31 Å². The van der Waals surface area contributed by atoms with Gasteiger partial charge in [0, 0.05) is 10.0 Å². The van der Waals surface area contributed by atoms with Gasteiger partial charge in [0.25, 0.3) is 5.91 Å². The molecule has 27 heavy (non-hydrogen) atoms. The molecular weight excluding hydrogens is 409 g/mol. The van der Waals surface area contributed by atoms with Crippen LogP contribution in [0.15, 0.2) is 48.5 Å². The summed E-state index contributed by atoms with van der Waals surface area (Å²) in [4.78, 5) is 12.6. The Morgan fingerprint density at radius 3 is 2.30 bits per heavy atom. The Kier molecular flexibility index (Phi) is 4.93. The van der Waals surface area contributed by atoms with Crippen molar-refractivity contribution in [3.8, 4) is 0 Å². The Morgan fingerprint density at radius 1 is 0.963 bits per heavy atom. The maximum absolute atomic E-state index is 13.1. The van der Waals surface area contributed by atoms with Crippen LogP contribution in [-0.2, 0) is 19.6 Å². The molecule has 1 aliphatic carbocycles. The molecule has 142 valence electrons. The molecule has 1 aliphatic heterocycles. The van der Waals surface area contributed by atoms with Gasteiger partial charge in [0.1, 0.15) is 18.8 Å². The van der Waals surface area contributed by atoms with Crippen molar-refractivity contribution in [1.29, 1.82) is 0 Å². The highest BCUT2D eigenvalue weighted by atomic mass is 35.5. The van der Waals surface area contributed by atoms with Crippen molar-refractivity contribution < 1.29 is 17.9 Å². The van der Waals surface area contributed by atoms with Gasteiger partial charge in [0.15, 0.2) is 0 Å². The van der Waals surface area contributed by atoms with Crippen molar-refractivity contribution in [2.24, 2.45) is 0 Å². The molecule has 4 rings (SSSR count). The quantitative estimate of drug-likeness (QED) is 0.738. The number of ether oxygens (including phenoxy) is 1. The fourth-order valence-corrected chi connectivity index (χ4v) is 5.62. The molecule has 5 nitrogen and oxygen atoms in total. The van der Waals surface area contributed by atoms with Crippen LogP contribution in [0, 0.1) is 0 Å². The lowest BCUT2D eigenvalue weighted by Gasteiger charge is -2.40. The van der Waals surface area contributed by atoms with Gasteiger partial charge in [0.05, 0.1) is 5.25 Å². The van der Waals surface area contributed by atoms with Crippen LogP contribution in [0.4, 0.5) is 0 Å². The Bertz CT molecular complexity index is 973. The fraction of sp³-hybridized carbons (Fsp3) is 0.316. The minimum absolute atomic E-state index is 0.298. The highest BCUT2D eigenvalue weighted by Gasteiger charge is 2.50. The summed E-state index contributed by atoms with van der Waals surface area (Å²) in [7, 11) is -3.76. The van der Waals surface area contributed by atoms with E-state index < -0.39 is 33.3 Å². The summed E-state index contributed by atoms with van der Waals surface area (Å²) in [5.74, 6) is -0.555. The average Bonchev–Trinajstić information content (AvgIpc) is 3.47. The van der Waals surface area contributed by atoms with Crippen LogP contribution in [0.1, 0.15) is 36.1 Å². The molecule has 1 saturated carbocycles. The van der Waals surface area contributed by atoms with Crippen LogP contribution in [0.5, 0.6) is 0 Å². The summed E-state index contributed by atoms with van der Waals surface area (Å²) < 4.78 is 32.9. The van der Waals surface area contributed by atoms with Gasteiger partial charge < -0.3 is 4.74 Å². The molecule has 2 aliphatic rings. The molecule has 0 spiro atoms. The van der Waals surface area contributed by atoms with Crippen molar-refractivity contribution in [2.75, 3.05) is 6.61 Å². The molecule has 0 radical (unpaired) electrons. The standard InChI is InChI=1S/C19H17Cl2NO4S/c20-14-6-4-12(5-7-14)18-19(13-2-1-3-15(21)10-13)26-11-17(23)22(18)27(24,25)16-8-9-16/h1-7,10,16,18-19H,8-9,11H2/t18-,19+/m1/s1. The second kappa shape index (κ2) is 7.09. The number of rotatable bonds is 4. The summed E-state index contributed by atoms with van der Waals surface area (Å²) in [6, 6.07) is 13.0. The van der Waals surface area contributed by atoms with Gasteiger partial charge in [-0.25, -0.2) is 12.7 Å². The summed E-state index contributed by atoms with van der Waals surface area (Å²) in [6.45, 7) is -0.298. The maximum atomic E-state index is 13.1. The Balaban J connectivity index is 1.85. The molecule has 0 aromatic heterocycles. The highest BCUT2D eigenvalue weighted by molar-refractivity contribution is 7.90. The second-order valence-electron chi connectivity index (χ2n) is 6.72. The molecule has 2 aromatic carbocycles. The van der Waals surface area contributed by atoms with Crippen molar-refractivity contribution in [3.63, 3.8) is 0 Å². The molecule has 1 saturated heterocycles. The first-order chi connectivity index (χ1) is 12.9. The van der Waals surface area contributed by atoms with E-state index in [1.165, 1.54) is 0 Å². The Labute approximate surface area is 167 Å². The Hall–Kier alpha value is -1.60. The van der Waals surface area contributed by atoms with Gasteiger partial charge in [0.2, 0.25) is 10.0 Å². The fourth-order valence-electron chi connectivity index (χ4n) is 3.35. The first-order valence-electron chi connectivity index (χ1n) is 8.56. The van der Waals surface area contributed by atoms with Crippen molar-refractivity contribution in [3.05, 3.63) is 69.7 Å². The number of amides is 1. The summed E-state index contributed by atoms with van der Waals surface area (Å²) in [6.07, 6.45) is 0.487. The van der Waals surface area contributed by atoms with E-state index >= 15 is 0 Å². The zero-order chi connectivity index (χ0) is 19.2. The average molecular weight is 426 g/mol. The first-order valence-corrected chi connectivity index (χ1v) is 10.8. The van der Waals surface area contributed by atoms with E-state index in [-0.39, 0.29) is 6.61 Å². The van der Waals surface area contributed by atoms with Gasteiger partial charge >= 0.3 is 0 Å². The van der Waals surface area contributed by atoms with E-state index in [9.17, 15) is 13.2 Å². The van der Waals surface area contributed by atoms with Crippen LogP contribution >= 0.6 is 23.2 Å². The third kappa shape index (κ3) is 3.59. The van der Waals surface area contributed by atoms with Crippen LogP contribution in [0.2, 0.25) is 10.0 Å². The van der Waals surface area contributed by atoms with Crippen molar-refractivity contribution in [1.82, 2.24) is 4.31 Å². The van der Waals surface area contributed by atoms with Crippen LogP contribution in [-0.4, -0.2) is 30.5 Å². The molecule has 2 aromatic rings. The van der Waals surface area contributed by atoms with Gasteiger partial charge in [-0.05, 0) is 48.2 Å². The molecular formula is C19H17Cl2NO4S. The number of nitrogens with zero attached hydrogens (tertiary/aromatic N) is 1. The smallest absolute Gasteiger partial charge is 0.262 e. The summed E-state index contributed by atoms with van der Waals surface area (Å²) in [5.41, 5.74) is 1.35. The molecule has 8 heteroatoms. The monoisotopic (exact) mass is 425 g/mol. The van der Waals surface area contributed by atoms with Crippen molar-refractivity contribution >= 4 is 39.1 Å². The predicted molar refractivity (Wildman–Crippen MR) is 103 cm³/mol. The van der Waals surface area contributed by atoms with E-state index in [2.05, 4.69) is 0 Å². The lowest BCUT2D eigenvalue weighted by atomic mass is 9.94. The normalized spacial score (nSPS) is 23.5. The Morgan fingerprint density at radius 2 is 1.67 bits per heavy atom. The number of halogens is 2. The molecule has 1 heterocycles. The second-order valence-corrected chi connectivity index (χ2v) is 9.68. The molecule has 2 fully saturated rings. The maximum Gasteiger partial charge on any atom is 0.262 e. The third-order valence-corrected chi connectivity index (χ3v) is 7.56. The van der Waals surface area contributed by atoms with E-state index in [1.807, 2.05) is 6.07 Å². The molecule has 0 unspecified atom stereocenters. The zero-order valence-corrected chi connectivity index (χ0v) is 16.5. The molecule has 2 atom stereocenters. The van der Waals surface area contributed by atoms with Gasteiger partial charge in [-0.2, -0.15) is 0 Å². The summed E-state index contributed by atoms with van der Waals surface area (Å²) >= 11 is 12.1. The number of sulfonamides is 1.